The number of aryl methyl sites for hydroxylation is 2. The molecule has 1 N–H and O–H groups in total. The summed E-state index contributed by atoms with van der Waals surface area (Å²) < 4.78 is 3.09. The van der Waals surface area contributed by atoms with Crippen LogP contribution >= 0.6 is 0 Å². The van der Waals surface area contributed by atoms with Crippen LogP contribution < -0.4 is 0 Å². The van der Waals surface area contributed by atoms with Gasteiger partial charge in [-0.3, -0.25) is 14.4 Å². The van der Waals surface area contributed by atoms with Crippen LogP contribution in [0.2, 0.25) is 0 Å². The molecule has 1 saturated heterocycles. The molecule has 1 aliphatic heterocycles. The number of carbonyl (C=O) groups is 2. The monoisotopic (exact) mass is 360 g/mol. The van der Waals surface area contributed by atoms with Crippen molar-refractivity contribution < 1.29 is 14.7 Å². The van der Waals surface area contributed by atoms with Crippen molar-refractivity contribution in [2.75, 3.05) is 26.2 Å². The number of carboxylic acids is 1. The number of carboxylic acid groups (broad SMARTS) is 1. The first kappa shape index (κ1) is 18.1. The second kappa shape index (κ2) is 7.28. The molecule has 2 aromatic heterocycles. The Bertz CT molecular complexity index is 803. The van der Waals surface area contributed by atoms with E-state index in [2.05, 4.69) is 15.1 Å². The predicted octanol–water partition coefficient (Wildman–Crippen LogP) is 0.529. The molecule has 9 heteroatoms. The molecule has 0 aromatic carbocycles. The van der Waals surface area contributed by atoms with E-state index in [4.69, 9.17) is 0 Å². The summed E-state index contributed by atoms with van der Waals surface area (Å²) in [6.45, 7) is 7.07. The zero-order valence-corrected chi connectivity index (χ0v) is 15.3. The smallest absolute Gasteiger partial charge is 0.328 e. The predicted molar refractivity (Wildman–Crippen MR) is 93.7 cm³/mol. The zero-order chi connectivity index (χ0) is 18.8. The summed E-state index contributed by atoms with van der Waals surface area (Å²) in [5.41, 5.74) is 2.54. The minimum atomic E-state index is -1.01. The molecule has 0 bridgehead atoms. The molecular formula is C17H24N6O3. The molecule has 1 unspecified atom stereocenters. The third kappa shape index (κ3) is 3.62. The van der Waals surface area contributed by atoms with E-state index in [0.29, 0.717) is 18.8 Å². The van der Waals surface area contributed by atoms with Gasteiger partial charge in [-0.25, -0.2) is 9.48 Å². The van der Waals surface area contributed by atoms with Gasteiger partial charge in [0.15, 0.2) is 0 Å². The third-order valence-electron chi connectivity index (χ3n) is 4.78. The number of carbonyl (C=O) groups excluding carboxylic acids is 1. The van der Waals surface area contributed by atoms with Gasteiger partial charge < -0.3 is 10.0 Å². The van der Waals surface area contributed by atoms with Crippen molar-refractivity contribution in [1.82, 2.24) is 29.4 Å². The van der Waals surface area contributed by atoms with E-state index < -0.39 is 12.0 Å². The normalized spacial score (nSPS) is 16.7. The fourth-order valence-corrected chi connectivity index (χ4v) is 3.21. The Morgan fingerprint density at radius 1 is 1.27 bits per heavy atom. The van der Waals surface area contributed by atoms with Crippen LogP contribution in [0.4, 0.5) is 0 Å². The maximum atomic E-state index is 12.8. The van der Waals surface area contributed by atoms with Crippen LogP contribution in [-0.4, -0.2) is 72.5 Å². The van der Waals surface area contributed by atoms with Crippen LogP contribution in [0.25, 0.3) is 0 Å². The van der Waals surface area contributed by atoms with Gasteiger partial charge in [0.05, 0.1) is 5.69 Å². The first-order valence-corrected chi connectivity index (χ1v) is 8.64. The van der Waals surface area contributed by atoms with Gasteiger partial charge in [-0.05, 0) is 19.9 Å². The Labute approximate surface area is 151 Å². The van der Waals surface area contributed by atoms with Crippen molar-refractivity contribution in [3.05, 3.63) is 35.4 Å². The minimum absolute atomic E-state index is 0.173. The Morgan fingerprint density at radius 3 is 2.54 bits per heavy atom. The number of amides is 1. The summed E-state index contributed by atoms with van der Waals surface area (Å²) in [5, 5.41) is 17.5. The van der Waals surface area contributed by atoms with E-state index in [0.717, 1.165) is 25.3 Å². The number of rotatable bonds is 5. The largest absolute Gasteiger partial charge is 0.480 e. The molecule has 2 aromatic rings. The lowest BCUT2D eigenvalue weighted by molar-refractivity contribution is -0.140. The number of hydrogen-bond donors (Lipinski definition) is 1. The van der Waals surface area contributed by atoms with Crippen molar-refractivity contribution in [3.8, 4) is 0 Å². The number of piperazine rings is 1. The standard InChI is InChI=1S/C17H24N6O3/c1-12-14(10-20(3)19-12)11-21-6-8-22(9-7-21)16(24)15-4-5-18-23(15)13(2)17(25)26/h4-5,10,13H,6-9,11H2,1-3H3,(H,25,26). The maximum absolute atomic E-state index is 12.8. The highest BCUT2D eigenvalue weighted by molar-refractivity contribution is 5.93. The molecule has 3 rings (SSSR count). The Hall–Kier alpha value is -2.68. The maximum Gasteiger partial charge on any atom is 0.328 e. The molecule has 140 valence electrons. The molecule has 1 amide bonds. The molecule has 1 atom stereocenters. The highest BCUT2D eigenvalue weighted by Gasteiger charge is 2.27. The van der Waals surface area contributed by atoms with Crippen LogP contribution in [0.5, 0.6) is 0 Å². The van der Waals surface area contributed by atoms with Gasteiger partial charge in [0.2, 0.25) is 0 Å². The van der Waals surface area contributed by atoms with E-state index in [9.17, 15) is 14.7 Å². The van der Waals surface area contributed by atoms with Gasteiger partial charge in [-0.15, -0.1) is 0 Å². The lowest BCUT2D eigenvalue weighted by atomic mass is 10.2. The summed E-state index contributed by atoms with van der Waals surface area (Å²) in [7, 11) is 1.91. The quantitative estimate of drug-likeness (QED) is 0.835. The first-order valence-electron chi connectivity index (χ1n) is 8.64. The SMILES string of the molecule is Cc1nn(C)cc1CN1CCN(C(=O)c2ccnn2C(C)C(=O)O)CC1. The summed E-state index contributed by atoms with van der Waals surface area (Å²) in [6.07, 6.45) is 3.49. The van der Waals surface area contributed by atoms with Crippen molar-refractivity contribution in [1.29, 1.82) is 0 Å². The van der Waals surface area contributed by atoms with Gasteiger partial charge in [0.1, 0.15) is 11.7 Å². The van der Waals surface area contributed by atoms with Crippen LogP contribution in [0.3, 0.4) is 0 Å². The summed E-state index contributed by atoms with van der Waals surface area (Å²) in [6, 6.07) is 0.700. The van der Waals surface area contributed by atoms with Crippen LogP contribution in [0.1, 0.15) is 34.7 Å². The van der Waals surface area contributed by atoms with Crippen molar-refractivity contribution in [2.24, 2.45) is 7.05 Å². The number of aliphatic carboxylic acids is 1. The molecule has 1 fully saturated rings. The molecule has 0 radical (unpaired) electrons. The third-order valence-corrected chi connectivity index (χ3v) is 4.78. The Balaban J connectivity index is 1.61. The van der Waals surface area contributed by atoms with Gasteiger partial charge >= 0.3 is 5.97 Å². The molecule has 26 heavy (non-hydrogen) atoms. The Kier molecular flexibility index (Phi) is 5.08. The number of aromatic nitrogens is 4. The molecule has 0 aliphatic carbocycles. The van der Waals surface area contributed by atoms with Gasteiger partial charge in [0.25, 0.3) is 5.91 Å². The zero-order valence-electron chi connectivity index (χ0n) is 15.3. The molecular weight excluding hydrogens is 336 g/mol. The average Bonchev–Trinajstić information content (AvgIpc) is 3.21. The molecule has 0 spiro atoms. The number of nitrogens with zero attached hydrogens (tertiary/aromatic N) is 6. The van der Waals surface area contributed by atoms with Crippen molar-refractivity contribution >= 4 is 11.9 Å². The minimum Gasteiger partial charge on any atom is -0.480 e. The van der Waals surface area contributed by atoms with Gasteiger partial charge in [0, 0.05) is 57.7 Å². The highest BCUT2D eigenvalue weighted by Crippen LogP contribution is 2.15. The number of hydrogen-bond acceptors (Lipinski definition) is 5. The average molecular weight is 360 g/mol. The molecule has 1 aliphatic rings. The second-order valence-corrected chi connectivity index (χ2v) is 6.66. The van der Waals surface area contributed by atoms with Gasteiger partial charge in [-0.2, -0.15) is 10.2 Å². The summed E-state index contributed by atoms with van der Waals surface area (Å²) in [4.78, 5) is 28.0. The van der Waals surface area contributed by atoms with Gasteiger partial charge in [-0.1, -0.05) is 0 Å². The Morgan fingerprint density at radius 2 is 1.96 bits per heavy atom. The summed E-state index contributed by atoms with van der Waals surface area (Å²) in [5.74, 6) is -1.19. The molecule has 3 heterocycles. The topological polar surface area (TPSA) is 96.5 Å². The first-order chi connectivity index (χ1) is 12.4. The van der Waals surface area contributed by atoms with E-state index in [-0.39, 0.29) is 5.91 Å². The van der Waals surface area contributed by atoms with E-state index in [1.807, 2.05) is 24.9 Å². The van der Waals surface area contributed by atoms with Crippen LogP contribution in [-0.2, 0) is 18.4 Å². The summed E-state index contributed by atoms with van der Waals surface area (Å²) >= 11 is 0. The van der Waals surface area contributed by atoms with Crippen LogP contribution in [0, 0.1) is 6.92 Å². The van der Waals surface area contributed by atoms with Crippen LogP contribution in [0.15, 0.2) is 18.5 Å². The molecule has 0 saturated carbocycles. The second-order valence-electron chi connectivity index (χ2n) is 6.66. The lowest BCUT2D eigenvalue weighted by Crippen LogP contribution is -2.48. The lowest BCUT2D eigenvalue weighted by Gasteiger charge is -2.34. The fourth-order valence-electron chi connectivity index (χ4n) is 3.21. The van der Waals surface area contributed by atoms with E-state index in [1.54, 1.807) is 11.0 Å². The fraction of sp³-hybridized carbons (Fsp3) is 0.529. The van der Waals surface area contributed by atoms with E-state index >= 15 is 0 Å². The molecule has 9 nitrogen and oxygen atoms in total. The highest BCUT2D eigenvalue weighted by atomic mass is 16.4. The van der Waals surface area contributed by atoms with Crippen molar-refractivity contribution in [3.63, 3.8) is 0 Å². The van der Waals surface area contributed by atoms with Crippen molar-refractivity contribution in [2.45, 2.75) is 26.4 Å². The van der Waals surface area contributed by atoms with E-state index in [1.165, 1.54) is 23.4 Å².